The van der Waals surface area contributed by atoms with Gasteiger partial charge >= 0.3 is 0 Å². The van der Waals surface area contributed by atoms with Gasteiger partial charge in [0.05, 0.1) is 24.5 Å². The average Bonchev–Trinajstić information content (AvgIpc) is 3.30. The predicted octanol–water partition coefficient (Wildman–Crippen LogP) is 2.29. The molecule has 142 valence electrons. The number of nitrogens with zero attached hydrogens (tertiary/aromatic N) is 4. The van der Waals surface area contributed by atoms with Crippen LogP contribution in [0.5, 0.6) is 0 Å². The smallest absolute Gasteiger partial charge is 0.272 e. The van der Waals surface area contributed by atoms with Gasteiger partial charge in [-0.1, -0.05) is 26.3 Å². The molecule has 0 fully saturated rings. The van der Waals surface area contributed by atoms with Crippen LogP contribution >= 0.6 is 0 Å². The van der Waals surface area contributed by atoms with Gasteiger partial charge in [-0.2, -0.15) is 5.10 Å². The van der Waals surface area contributed by atoms with Gasteiger partial charge in [-0.15, -0.1) is 0 Å². The molecular weight excluding hydrogens is 342 g/mol. The number of carbonyl (C=O) groups excluding carboxylic acids is 1. The number of fused-ring (bicyclic) bond motifs is 2. The molecule has 7 heteroatoms. The van der Waals surface area contributed by atoms with Gasteiger partial charge in [0.25, 0.3) is 5.91 Å². The summed E-state index contributed by atoms with van der Waals surface area (Å²) in [5, 5.41) is 17.3. The fourth-order valence-corrected chi connectivity index (χ4v) is 3.94. The molecule has 0 saturated carbocycles. The van der Waals surface area contributed by atoms with Crippen molar-refractivity contribution in [2.75, 3.05) is 6.61 Å². The maximum atomic E-state index is 13.0. The molecule has 0 saturated heterocycles. The van der Waals surface area contributed by atoms with Gasteiger partial charge in [0.1, 0.15) is 0 Å². The van der Waals surface area contributed by atoms with E-state index in [2.05, 4.69) is 20.4 Å². The average molecular weight is 367 g/mol. The van der Waals surface area contributed by atoms with Crippen molar-refractivity contribution in [2.45, 2.75) is 52.5 Å². The van der Waals surface area contributed by atoms with Crippen molar-refractivity contribution in [3.63, 3.8) is 0 Å². The van der Waals surface area contributed by atoms with Crippen LogP contribution in [-0.4, -0.2) is 43.4 Å². The van der Waals surface area contributed by atoms with Gasteiger partial charge < -0.3 is 10.4 Å². The number of carbonyl (C=O) groups is 1. The molecule has 2 aromatic rings. The molecule has 0 radical (unpaired) electrons. The molecule has 2 aliphatic carbocycles. The van der Waals surface area contributed by atoms with E-state index in [0.717, 1.165) is 36.9 Å². The van der Waals surface area contributed by atoms with Crippen LogP contribution in [0.2, 0.25) is 0 Å². The number of aliphatic hydroxyl groups excluding tert-OH is 1. The van der Waals surface area contributed by atoms with E-state index in [4.69, 9.17) is 0 Å². The first-order valence-corrected chi connectivity index (χ1v) is 9.41. The minimum Gasteiger partial charge on any atom is -0.394 e. The second kappa shape index (κ2) is 6.56. The maximum Gasteiger partial charge on any atom is 0.272 e. The summed E-state index contributed by atoms with van der Waals surface area (Å²) in [5.41, 5.74) is 4.85. The third kappa shape index (κ3) is 3.06. The van der Waals surface area contributed by atoms with E-state index in [1.54, 1.807) is 23.3 Å². The molecule has 2 heterocycles. The molecule has 1 amide bonds. The van der Waals surface area contributed by atoms with E-state index in [9.17, 15) is 9.90 Å². The molecule has 0 aliphatic heterocycles. The summed E-state index contributed by atoms with van der Waals surface area (Å²) < 4.78 is 1.76. The van der Waals surface area contributed by atoms with Crippen molar-refractivity contribution in [2.24, 2.45) is 5.41 Å². The zero-order valence-electron chi connectivity index (χ0n) is 16.0. The Bertz CT molecular complexity index is 908. The second-order valence-electron chi connectivity index (χ2n) is 8.34. The van der Waals surface area contributed by atoms with E-state index in [-0.39, 0.29) is 24.0 Å². The second-order valence-corrected chi connectivity index (χ2v) is 8.34. The topological polar surface area (TPSA) is 92.9 Å². The highest BCUT2D eigenvalue weighted by molar-refractivity contribution is 5.97. The molecule has 0 bridgehead atoms. The van der Waals surface area contributed by atoms with E-state index in [1.165, 1.54) is 11.1 Å². The lowest BCUT2D eigenvalue weighted by molar-refractivity contribution is 0.0842. The van der Waals surface area contributed by atoms with Crippen molar-refractivity contribution < 1.29 is 9.90 Å². The lowest BCUT2D eigenvalue weighted by Gasteiger charge is -2.29. The van der Waals surface area contributed by atoms with Gasteiger partial charge in [0.2, 0.25) is 0 Å². The molecule has 2 aliphatic rings. The Morgan fingerprint density at radius 3 is 2.81 bits per heavy atom. The van der Waals surface area contributed by atoms with E-state index in [1.807, 2.05) is 20.8 Å². The fraction of sp³-hybridized carbons (Fsp3) is 0.500. The SMILES string of the molecule is CC(C)(C)C(CO)NC(=O)c1nn(-c2cnccn2)c2c1CC1=C2CCC1. The van der Waals surface area contributed by atoms with Crippen molar-refractivity contribution in [1.82, 2.24) is 25.1 Å². The number of hydrogen-bond donors (Lipinski definition) is 2. The molecule has 0 aromatic carbocycles. The summed E-state index contributed by atoms with van der Waals surface area (Å²) in [6.07, 6.45) is 8.91. The number of nitrogens with one attached hydrogen (secondary N) is 1. The molecule has 7 nitrogen and oxygen atoms in total. The fourth-order valence-electron chi connectivity index (χ4n) is 3.94. The summed E-state index contributed by atoms with van der Waals surface area (Å²) in [4.78, 5) is 21.6. The highest BCUT2D eigenvalue weighted by Crippen LogP contribution is 2.44. The molecule has 1 unspecified atom stereocenters. The highest BCUT2D eigenvalue weighted by atomic mass is 16.3. The van der Waals surface area contributed by atoms with Crippen LogP contribution in [0.15, 0.2) is 24.2 Å². The van der Waals surface area contributed by atoms with Crippen molar-refractivity contribution in [3.8, 4) is 5.82 Å². The van der Waals surface area contributed by atoms with Gasteiger partial charge in [-0.25, -0.2) is 9.67 Å². The number of aliphatic hydroxyl groups is 1. The standard InChI is InChI=1S/C20H25N5O2/c1-20(2,3)15(11-26)23-19(27)17-14-9-12-5-4-6-13(12)18(14)25(24-17)16-10-21-7-8-22-16/h7-8,10,15,26H,4-6,9,11H2,1-3H3,(H,23,27). The Hall–Kier alpha value is -2.54. The molecular formula is C20H25N5O2. The zero-order chi connectivity index (χ0) is 19.2. The van der Waals surface area contributed by atoms with Crippen LogP contribution in [-0.2, 0) is 6.42 Å². The largest absolute Gasteiger partial charge is 0.394 e. The summed E-state index contributed by atoms with van der Waals surface area (Å²) in [6, 6.07) is -0.344. The highest BCUT2D eigenvalue weighted by Gasteiger charge is 2.36. The maximum absolute atomic E-state index is 13.0. The summed E-state index contributed by atoms with van der Waals surface area (Å²) in [7, 11) is 0. The Morgan fingerprint density at radius 1 is 1.33 bits per heavy atom. The molecule has 4 rings (SSSR count). The van der Waals surface area contributed by atoms with Gasteiger partial charge in [-0.05, 0) is 36.7 Å². The molecule has 2 N–H and O–H groups in total. The van der Waals surface area contributed by atoms with E-state index < -0.39 is 0 Å². The Labute approximate surface area is 158 Å². The van der Waals surface area contributed by atoms with Crippen LogP contribution in [0.3, 0.4) is 0 Å². The number of rotatable bonds is 4. The monoisotopic (exact) mass is 367 g/mol. The first-order valence-electron chi connectivity index (χ1n) is 9.41. The summed E-state index contributed by atoms with van der Waals surface area (Å²) >= 11 is 0. The van der Waals surface area contributed by atoms with Crippen LogP contribution in [0.1, 0.15) is 61.8 Å². The number of hydrogen-bond acceptors (Lipinski definition) is 5. The normalized spacial score (nSPS) is 17.0. The number of allylic oxidation sites excluding steroid dienone is 2. The minimum atomic E-state index is -0.344. The first kappa shape index (κ1) is 17.9. The third-order valence-electron chi connectivity index (χ3n) is 5.51. The minimum absolute atomic E-state index is 0.114. The Kier molecular flexibility index (Phi) is 4.34. The van der Waals surface area contributed by atoms with E-state index >= 15 is 0 Å². The quantitative estimate of drug-likeness (QED) is 0.865. The lowest BCUT2D eigenvalue weighted by atomic mass is 9.87. The lowest BCUT2D eigenvalue weighted by Crippen LogP contribution is -2.46. The Morgan fingerprint density at radius 2 is 2.15 bits per heavy atom. The molecule has 0 spiro atoms. The van der Waals surface area contributed by atoms with Crippen molar-refractivity contribution in [1.29, 1.82) is 0 Å². The molecule has 27 heavy (non-hydrogen) atoms. The van der Waals surface area contributed by atoms with Crippen LogP contribution < -0.4 is 5.32 Å². The third-order valence-corrected chi connectivity index (χ3v) is 5.51. The van der Waals surface area contributed by atoms with Gasteiger partial charge in [-0.3, -0.25) is 9.78 Å². The van der Waals surface area contributed by atoms with E-state index in [0.29, 0.717) is 11.5 Å². The molecule has 1 atom stereocenters. The number of aromatic nitrogens is 4. The van der Waals surface area contributed by atoms with Gasteiger partial charge in [0.15, 0.2) is 11.5 Å². The van der Waals surface area contributed by atoms with Crippen molar-refractivity contribution in [3.05, 3.63) is 41.1 Å². The van der Waals surface area contributed by atoms with Gasteiger partial charge in [0, 0.05) is 18.0 Å². The Balaban J connectivity index is 1.75. The first-order chi connectivity index (χ1) is 12.9. The zero-order valence-corrected chi connectivity index (χ0v) is 16.0. The van der Waals surface area contributed by atoms with Crippen LogP contribution in [0.25, 0.3) is 11.4 Å². The van der Waals surface area contributed by atoms with Crippen LogP contribution in [0.4, 0.5) is 0 Å². The molecule has 2 aromatic heterocycles. The number of amides is 1. The summed E-state index contributed by atoms with van der Waals surface area (Å²) in [5.74, 6) is 0.368. The summed E-state index contributed by atoms with van der Waals surface area (Å²) in [6.45, 7) is 5.86. The predicted molar refractivity (Wildman–Crippen MR) is 101 cm³/mol. The van der Waals surface area contributed by atoms with Crippen LogP contribution in [0, 0.1) is 5.41 Å². The van der Waals surface area contributed by atoms with Crippen molar-refractivity contribution >= 4 is 11.5 Å².